The average molecular weight is 509 g/mol. The molecule has 194 valence electrons. The van der Waals surface area contributed by atoms with Crippen molar-refractivity contribution < 1.29 is 10.2 Å². The summed E-state index contributed by atoms with van der Waals surface area (Å²) in [5.74, 6) is 0.434. The Morgan fingerprint density at radius 3 is 2.39 bits per heavy atom. The number of aliphatic imine (C=N–C) groups is 2. The number of aliphatic hydroxyl groups is 2. The van der Waals surface area contributed by atoms with Crippen molar-refractivity contribution in [2.45, 2.75) is 13.1 Å². The standard InChI is InChI=1S/C30H32N6O2/c1-31-30(24-18-26(21-32-19-24)36(14-16-37)15-17-38)35-29-12-7-11-27(23-8-3-2-4-9-23)28(29)22-33-20-25-10-5-6-13-34-25/h2-13,18-19,21,33,37-38H,1,14-17,20,22H2/b35-30-. The van der Waals surface area contributed by atoms with Gasteiger partial charge in [0.25, 0.3) is 0 Å². The number of aromatic nitrogens is 2. The number of amidine groups is 1. The van der Waals surface area contributed by atoms with Gasteiger partial charge >= 0.3 is 0 Å². The third-order valence-electron chi connectivity index (χ3n) is 6.03. The number of rotatable bonds is 12. The Morgan fingerprint density at radius 1 is 0.895 bits per heavy atom. The molecule has 4 rings (SSSR count). The summed E-state index contributed by atoms with van der Waals surface area (Å²) in [5.41, 5.74) is 6.39. The molecule has 0 radical (unpaired) electrons. The minimum absolute atomic E-state index is 0.0357. The molecule has 0 unspecified atom stereocenters. The van der Waals surface area contributed by atoms with Crippen molar-refractivity contribution in [1.82, 2.24) is 15.3 Å². The number of benzene rings is 2. The predicted octanol–water partition coefficient (Wildman–Crippen LogP) is 4.00. The maximum Gasteiger partial charge on any atom is 0.160 e. The third kappa shape index (κ3) is 6.95. The van der Waals surface area contributed by atoms with Crippen LogP contribution in [0, 0.1) is 0 Å². The van der Waals surface area contributed by atoms with Gasteiger partial charge in [-0.1, -0.05) is 48.5 Å². The van der Waals surface area contributed by atoms with Gasteiger partial charge in [-0.15, -0.1) is 0 Å². The molecule has 4 aromatic rings. The van der Waals surface area contributed by atoms with E-state index in [1.54, 1.807) is 18.6 Å². The number of nitrogens with one attached hydrogen (secondary N) is 1. The van der Waals surface area contributed by atoms with Crippen molar-refractivity contribution in [1.29, 1.82) is 0 Å². The lowest BCUT2D eigenvalue weighted by molar-refractivity contribution is 0.281. The predicted molar refractivity (Wildman–Crippen MR) is 153 cm³/mol. The van der Waals surface area contributed by atoms with Gasteiger partial charge in [0.05, 0.1) is 36.5 Å². The summed E-state index contributed by atoms with van der Waals surface area (Å²) in [7, 11) is 0. The fourth-order valence-corrected chi connectivity index (χ4v) is 4.21. The molecule has 2 aromatic carbocycles. The second-order valence-electron chi connectivity index (χ2n) is 8.55. The molecule has 0 aliphatic carbocycles. The minimum atomic E-state index is -0.0357. The van der Waals surface area contributed by atoms with E-state index in [2.05, 4.69) is 45.2 Å². The fourth-order valence-electron chi connectivity index (χ4n) is 4.21. The average Bonchev–Trinajstić information content (AvgIpc) is 2.97. The minimum Gasteiger partial charge on any atom is -0.395 e. The van der Waals surface area contributed by atoms with Gasteiger partial charge < -0.3 is 20.4 Å². The lowest BCUT2D eigenvalue weighted by Crippen LogP contribution is -2.29. The Kier molecular flexibility index (Phi) is 9.81. The Labute approximate surface area is 223 Å². The highest BCUT2D eigenvalue weighted by molar-refractivity contribution is 6.03. The van der Waals surface area contributed by atoms with Crippen molar-refractivity contribution in [3.05, 3.63) is 108 Å². The highest BCUT2D eigenvalue weighted by Crippen LogP contribution is 2.32. The normalized spacial score (nSPS) is 11.4. The topological polar surface area (TPSA) is 106 Å². The van der Waals surface area contributed by atoms with Crippen molar-refractivity contribution in [3.8, 4) is 11.1 Å². The Morgan fingerprint density at radius 2 is 1.68 bits per heavy atom. The SMILES string of the molecule is C=N/C(=N\c1cccc(-c2ccccc2)c1CNCc1ccccn1)c1cncc(N(CCO)CCO)c1. The second kappa shape index (κ2) is 13.9. The van der Waals surface area contributed by atoms with Crippen LogP contribution >= 0.6 is 0 Å². The maximum absolute atomic E-state index is 9.43. The quantitative estimate of drug-likeness (QED) is 0.197. The molecule has 0 atom stereocenters. The van der Waals surface area contributed by atoms with Crippen LogP contribution in [0.4, 0.5) is 11.4 Å². The van der Waals surface area contributed by atoms with Crippen molar-refractivity contribution >= 4 is 23.9 Å². The molecule has 3 N–H and O–H groups in total. The summed E-state index contributed by atoms with van der Waals surface area (Å²) in [4.78, 5) is 19.8. The van der Waals surface area contributed by atoms with Gasteiger partial charge in [0, 0.05) is 44.1 Å². The zero-order chi connectivity index (χ0) is 26.6. The smallest absolute Gasteiger partial charge is 0.160 e. The number of anilines is 1. The molecule has 0 aliphatic heterocycles. The fraction of sp³-hybridized carbons (Fsp3) is 0.200. The molecule has 0 fully saturated rings. The van der Waals surface area contributed by atoms with Crippen LogP contribution in [-0.2, 0) is 13.1 Å². The van der Waals surface area contributed by atoms with E-state index in [4.69, 9.17) is 4.99 Å². The molecule has 8 nitrogen and oxygen atoms in total. The summed E-state index contributed by atoms with van der Waals surface area (Å²) >= 11 is 0. The van der Waals surface area contributed by atoms with Gasteiger partial charge in [0.15, 0.2) is 5.84 Å². The van der Waals surface area contributed by atoms with E-state index >= 15 is 0 Å². The van der Waals surface area contributed by atoms with Crippen LogP contribution in [0.5, 0.6) is 0 Å². The molecule has 8 heteroatoms. The molecule has 38 heavy (non-hydrogen) atoms. The van der Waals surface area contributed by atoms with Gasteiger partial charge in [-0.25, -0.2) is 9.98 Å². The van der Waals surface area contributed by atoms with E-state index in [1.165, 1.54) is 0 Å². The van der Waals surface area contributed by atoms with E-state index in [0.717, 1.165) is 33.8 Å². The monoisotopic (exact) mass is 508 g/mol. The van der Waals surface area contributed by atoms with E-state index in [0.29, 0.717) is 37.6 Å². The molecule has 0 aliphatic rings. The van der Waals surface area contributed by atoms with Gasteiger partial charge in [0.1, 0.15) is 0 Å². The van der Waals surface area contributed by atoms with Crippen LogP contribution in [0.2, 0.25) is 0 Å². The molecular weight excluding hydrogens is 476 g/mol. The first-order valence-corrected chi connectivity index (χ1v) is 12.5. The van der Waals surface area contributed by atoms with Crippen molar-refractivity contribution in [3.63, 3.8) is 0 Å². The number of nitrogens with zero attached hydrogens (tertiary/aromatic N) is 5. The molecule has 2 aromatic heterocycles. The van der Waals surface area contributed by atoms with Crippen LogP contribution < -0.4 is 10.2 Å². The van der Waals surface area contributed by atoms with Gasteiger partial charge in [-0.2, -0.15) is 0 Å². The van der Waals surface area contributed by atoms with Gasteiger partial charge in [0.2, 0.25) is 0 Å². The van der Waals surface area contributed by atoms with Crippen LogP contribution in [-0.4, -0.2) is 59.0 Å². The number of pyridine rings is 2. The van der Waals surface area contributed by atoms with E-state index < -0.39 is 0 Å². The number of aliphatic hydroxyl groups excluding tert-OH is 2. The van der Waals surface area contributed by atoms with Crippen LogP contribution in [0.15, 0.2) is 101 Å². The largest absolute Gasteiger partial charge is 0.395 e. The highest BCUT2D eigenvalue weighted by atomic mass is 16.3. The highest BCUT2D eigenvalue weighted by Gasteiger charge is 2.13. The Hall–Kier alpha value is -4.24. The second-order valence-corrected chi connectivity index (χ2v) is 8.55. The molecular formula is C30H32N6O2. The third-order valence-corrected chi connectivity index (χ3v) is 6.03. The number of hydrogen-bond donors (Lipinski definition) is 3. The molecule has 0 saturated carbocycles. The van der Waals surface area contributed by atoms with Gasteiger partial charge in [-0.05, 0) is 47.7 Å². The lowest BCUT2D eigenvalue weighted by atomic mass is 9.98. The molecule has 0 amide bonds. The van der Waals surface area contributed by atoms with E-state index in [9.17, 15) is 10.2 Å². The molecule has 0 bridgehead atoms. The summed E-state index contributed by atoms with van der Waals surface area (Å²) in [5, 5.41) is 22.4. The molecule has 0 spiro atoms. The van der Waals surface area contributed by atoms with Crippen molar-refractivity contribution in [2.75, 3.05) is 31.2 Å². The maximum atomic E-state index is 9.43. The van der Waals surface area contributed by atoms with Crippen LogP contribution in [0.25, 0.3) is 11.1 Å². The van der Waals surface area contributed by atoms with Crippen LogP contribution in [0.1, 0.15) is 16.8 Å². The lowest BCUT2D eigenvalue weighted by Gasteiger charge is -2.22. The first kappa shape index (κ1) is 26.8. The van der Waals surface area contributed by atoms with E-state index in [1.807, 2.05) is 59.5 Å². The van der Waals surface area contributed by atoms with E-state index in [-0.39, 0.29) is 13.2 Å². The van der Waals surface area contributed by atoms with Gasteiger partial charge in [-0.3, -0.25) is 9.97 Å². The first-order chi connectivity index (χ1) is 18.7. The van der Waals surface area contributed by atoms with Crippen molar-refractivity contribution in [2.24, 2.45) is 9.98 Å². The summed E-state index contributed by atoms with van der Waals surface area (Å²) in [6.07, 6.45) is 5.17. The Balaban J connectivity index is 1.71. The summed E-state index contributed by atoms with van der Waals surface area (Å²) < 4.78 is 0. The van der Waals surface area contributed by atoms with Crippen LogP contribution in [0.3, 0.4) is 0 Å². The zero-order valence-electron chi connectivity index (χ0n) is 21.2. The Bertz CT molecular complexity index is 1340. The first-order valence-electron chi connectivity index (χ1n) is 12.5. The molecule has 0 saturated heterocycles. The molecule has 2 heterocycles. The summed E-state index contributed by atoms with van der Waals surface area (Å²) in [6.45, 7) is 5.65. The summed E-state index contributed by atoms with van der Waals surface area (Å²) in [6, 6.07) is 24.0. The zero-order valence-corrected chi connectivity index (χ0v) is 21.2. The number of hydrogen-bond acceptors (Lipinski definition) is 7.